The van der Waals surface area contributed by atoms with E-state index < -0.39 is 11.6 Å². The van der Waals surface area contributed by atoms with Crippen molar-refractivity contribution in [1.29, 1.82) is 0 Å². The van der Waals surface area contributed by atoms with Crippen LogP contribution in [-0.4, -0.2) is 72.4 Å². The molecule has 0 bridgehead atoms. The van der Waals surface area contributed by atoms with Crippen LogP contribution in [0.25, 0.3) is 0 Å². The van der Waals surface area contributed by atoms with Gasteiger partial charge in [-0.1, -0.05) is 6.42 Å². The van der Waals surface area contributed by atoms with Crippen molar-refractivity contribution in [2.45, 2.75) is 37.8 Å². The summed E-state index contributed by atoms with van der Waals surface area (Å²) in [5, 5.41) is 10.1. The Morgan fingerprint density at radius 1 is 1.39 bits per heavy atom. The second-order valence-electron chi connectivity index (χ2n) is 5.69. The molecule has 0 aliphatic carbocycles. The van der Waals surface area contributed by atoms with Crippen LogP contribution in [0.2, 0.25) is 0 Å². The average Bonchev–Trinajstić information content (AvgIpc) is 2.37. The monoisotopic (exact) mass is 256 g/mol. The van der Waals surface area contributed by atoms with Gasteiger partial charge in [0.25, 0.3) is 0 Å². The molecule has 2 unspecified atom stereocenters. The molecule has 104 valence electrons. The van der Waals surface area contributed by atoms with Crippen LogP contribution in [0.15, 0.2) is 0 Å². The number of carbonyl (C=O) groups excluding carboxylic acids is 1. The Kier molecular flexibility index (Phi) is 4.25. The zero-order chi connectivity index (χ0) is 13.2. The Hall–Kier alpha value is -0.650. The lowest BCUT2D eigenvalue weighted by molar-refractivity contribution is -0.163. The van der Waals surface area contributed by atoms with E-state index in [-0.39, 0.29) is 0 Å². The lowest BCUT2D eigenvalue weighted by Crippen LogP contribution is -2.58. The van der Waals surface area contributed by atoms with Gasteiger partial charge in [-0.25, -0.2) is 4.79 Å². The third kappa shape index (κ3) is 3.02. The molecule has 18 heavy (non-hydrogen) atoms. The first-order chi connectivity index (χ1) is 8.53. The Morgan fingerprint density at radius 2 is 2.17 bits per heavy atom. The van der Waals surface area contributed by atoms with E-state index in [0.29, 0.717) is 12.6 Å². The number of ether oxygens (including phenoxy) is 1. The van der Waals surface area contributed by atoms with Gasteiger partial charge in [0.15, 0.2) is 5.60 Å². The summed E-state index contributed by atoms with van der Waals surface area (Å²) in [7, 11) is 1.32. The predicted octanol–water partition coefficient (Wildman–Crippen LogP) is 0.0805. The average molecular weight is 256 g/mol. The number of hydrogen-bond donors (Lipinski definition) is 1. The largest absolute Gasteiger partial charge is 0.467 e. The predicted molar refractivity (Wildman–Crippen MR) is 68.3 cm³/mol. The smallest absolute Gasteiger partial charge is 0.338 e. The van der Waals surface area contributed by atoms with Crippen LogP contribution in [0.4, 0.5) is 0 Å². The Labute approximate surface area is 109 Å². The van der Waals surface area contributed by atoms with Gasteiger partial charge >= 0.3 is 5.97 Å². The molecule has 2 heterocycles. The fourth-order valence-electron chi connectivity index (χ4n) is 3.08. The summed E-state index contributed by atoms with van der Waals surface area (Å²) in [6, 6.07) is 0.598. The van der Waals surface area contributed by atoms with Gasteiger partial charge in [0.05, 0.1) is 7.11 Å². The molecular weight excluding hydrogens is 232 g/mol. The van der Waals surface area contributed by atoms with Crippen molar-refractivity contribution in [2.75, 3.05) is 39.8 Å². The molecule has 5 heteroatoms. The number of hydrogen-bond acceptors (Lipinski definition) is 5. The Morgan fingerprint density at radius 3 is 2.89 bits per heavy atom. The van der Waals surface area contributed by atoms with E-state index in [1.54, 1.807) is 0 Å². The summed E-state index contributed by atoms with van der Waals surface area (Å²) in [6.07, 6.45) is 3.83. The van der Waals surface area contributed by atoms with Crippen LogP contribution in [0.3, 0.4) is 0 Å². The van der Waals surface area contributed by atoms with Crippen LogP contribution in [0.5, 0.6) is 0 Å². The molecule has 0 amide bonds. The number of β-amino-alcohol motifs (C(OH)–C–C–N with tert-alkyl or cyclic N) is 1. The Bertz CT molecular complexity index is 307. The number of aliphatic hydroxyl groups is 1. The fraction of sp³-hybridized carbons (Fsp3) is 0.923. The van der Waals surface area contributed by atoms with E-state index in [0.717, 1.165) is 19.6 Å². The Balaban J connectivity index is 1.89. The fourth-order valence-corrected chi connectivity index (χ4v) is 3.08. The molecule has 1 N–H and O–H groups in total. The standard InChI is InChI=1S/C13H24N2O3/c1-13(17,12(16)18-2)10-14-7-8-15-6-4-3-5-11(15)9-14/h11,17H,3-10H2,1-2H3. The highest BCUT2D eigenvalue weighted by molar-refractivity contribution is 5.78. The van der Waals surface area contributed by atoms with Crippen molar-refractivity contribution in [3.05, 3.63) is 0 Å². The number of fused-ring (bicyclic) bond motifs is 1. The summed E-state index contributed by atoms with van der Waals surface area (Å²) in [5.74, 6) is -0.548. The maximum absolute atomic E-state index is 11.5. The topological polar surface area (TPSA) is 53.0 Å². The quantitative estimate of drug-likeness (QED) is 0.725. The lowest BCUT2D eigenvalue weighted by Gasteiger charge is -2.45. The minimum absolute atomic E-state index is 0.365. The van der Waals surface area contributed by atoms with Crippen molar-refractivity contribution in [3.63, 3.8) is 0 Å². The van der Waals surface area contributed by atoms with Gasteiger partial charge in [-0.2, -0.15) is 0 Å². The summed E-state index contributed by atoms with van der Waals surface area (Å²) < 4.78 is 4.64. The second kappa shape index (κ2) is 5.55. The first-order valence-electron chi connectivity index (χ1n) is 6.80. The second-order valence-corrected chi connectivity index (χ2v) is 5.69. The molecular formula is C13H24N2O3. The van der Waals surface area contributed by atoms with Gasteiger partial charge in [-0.3, -0.25) is 9.80 Å². The van der Waals surface area contributed by atoms with Crippen LogP contribution in [0, 0.1) is 0 Å². The van der Waals surface area contributed by atoms with Crippen LogP contribution < -0.4 is 0 Å². The van der Waals surface area contributed by atoms with Gasteiger partial charge in [0.2, 0.25) is 0 Å². The zero-order valence-electron chi connectivity index (χ0n) is 11.4. The molecule has 2 saturated heterocycles. The van der Waals surface area contributed by atoms with Crippen LogP contribution >= 0.6 is 0 Å². The van der Waals surface area contributed by atoms with Gasteiger partial charge in [-0.15, -0.1) is 0 Å². The van der Waals surface area contributed by atoms with Crippen molar-refractivity contribution >= 4 is 5.97 Å². The third-order valence-electron chi connectivity index (χ3n) is 4.08. The SMILES string of the molecule is COC(=O)C(C)(O)CN1CCN2CCCCC2C1. The first kappa shape index (κ1) is 13.8. The number of esters is 1. The third-order valence-corrected chi connectivity index (χ3v) is 4.08. The van der Waals surface area contributed by atoms with Crippen molar-refractivity contribution in [2.24, 2.45) is 0 Å². The molecule has 2 aliphatic rings. The molecule has 2 fully saturated rings. The highest BCUT2D eigenvalue weighted by Gasteiger charge is 2.37. The zero-order valence-corrected chi connectivity index (χ0v) is 11.4. The van der Waals surface area contributed by atoms with E-state index in [9.17, 15) is 9.90 Å². The summed E-state index contributed by atoms with van der Waals surface area (Å²) >= 11 is 0. The summed E-state index contributed by atoms with van der Waals surface area (Å²) in [6.45, 7) is 6.01. The number of piperidine rings is 1. The maximum atomic E-state index is 11.5. The highest BCUT2D eigenvalue weighted by Crippen LogP contribution is 2.22. The van der Waals surface area contributed by atoms with Gasteiger partial charge in [0.1, 0.15) is 0 Å². The van der Waals surface area contributed by atoms with Crippen LogP contribution in [0.1, 0.15) is 26.2 Å². The maximum Gasteiger partial charge on any atom is 0.338 e. The number of rotatable bonds is 3. The summed E-state index contributed by atoms with van der Waals surface area (Å²) in [5.41, 5.74) is -1.40. The van der Waals surface area contributed by atoms with Gasteiger partial charge in [0, 0.05) is 32.2 Å². The molecule has 0 spiro atoms. The van der Waals surface area contributed by atoms with Crippen molar-refractivity contribution in [1.82, 2.24) is 9.80 Å². The van der Waals surface area contributed by atoms with E-state index >= 15 is 0 Å². The molecule has 5 nitrogen and oxygen atoms in total. The molecule has 2 rings (SSSR count). The molecule has 2 atom stereocenters. The van der Waals surface area contributed by atoms with E-state index in [1.165, 1.54) is 39.8 Å². The molecule has 0 aromatic rings. The van der Waals surface area contributed by atoms with E-state index in [4.69, 9.17) is 0 Å². The molecule has 2 aliphatic heterocycles. The number of carbonyl (C=O) groups is 1. The summed E-state index contributed by atoms with van der Waals surface area (Å²) in [4.78, 5) is 16.2. The first-order valence-corrected chi connectivity index (χ1v) is 6.80. The molecule has 0 saturated carbocycles. The molecule has 0 radical (unpaired) electrons. The van der Waals surface area contributed by atoms with Crippen molar-refractivity contribution in [3.8, 4) is 0 Å². The number of piperazine rings is 1. The number of methoxy groups -OCH3 is 1. The highest BCUT2D eigenvalue weighted by atomic mass is 16.5. The number of nitrogens with zero attached hydrogens (tertiary/aromatic N) is 2. The van der Waals surface area contributed by atoms with Crippen LogP contribution in [-0.2, 0) is 9.53 Å². The molecule has 0 aromatic heterocycles. The minimum Gasteiger partial charge on any atom is -0.467 e. The van der Waals surface area contributed by atoms with E-state index in [1.807, 2.05) is 0 Å². The minimum atomic E-state index is -1.40. The van der Waals surface area contributed by atoms with Crippen molar-refractivity contribution < 1.29 is 14.6 Å². The normalized spacial score (nSPS) is 29.4. The lowest BCUT2D eigenvalue weighted by atomic mass is 9.98. The molecule has 0 aromatic carbocycles. The van der Waals surface area contributed by atoms with Gasteiger partial charge < -0.3 is 9.84 Å². The van der Waals surface area contributed by atoms with Gasteiger partial charge in [-0.05, 0) is 26.3 Å². The van der Waals surface area contributed by atoms with E-state index in [2.05, 4.69) is 14.5 Å².